The number of carbonyl (C=O) groups excluding carboxylic acids is 2. The van der Waals surface area contributed by atoms with Gasteiger partial charge in [-0.2, -0.15) is 0 Å². The first-order chi connectivity index (χ1) is 18.2. The zero-order valence-corrected chi connectivity index (χ0v) is 21.5. The van der Waals surface area contributed by atoms with Crippen LogP contribution < -0.4 is 5.32 Å². The minimum atomic E-state index is -1.01. The number of aromatic nitrogens is 2. The molecule has 3 aromatic rings. The molecule has 1 atom stereocenters. The smallest absolute Gasteiger partial charge is 0.413 e. The van der Waals surface area contributed by atoms with Gasteiger partial charge in [0.25, 0.3) is 0 Å². The first kappa shape index (κ1) is 24.4. The lowest BCUT2D eigenvalue weighted by Gasteiger charge is -2.41. The van der Waals surface area contributed by atoms with Crippen LogP contribution >= 0.6 is 0 Å². The maximum atomic E-state index is 14.2. The molecule has 3 N–H and O–H groups in total. The second-order valence-corrected chi connectivity index (χ2v) is 10.9. The van der Waals surface area contributed by atoms with E-state index in [1.54, 1.807) is 18.3 Å². The fourth-order valence-electron chi connectivity index (χ4n) is 6.33. The number of hydrogen-bond donors (Lipinski definition) is 3. The summed E-state index contributed by atoms with van der Waals surface area (Å²) in [4.78, 5) is 47.3. The molecule has 9 nitrogen and oxygen atoms in total. The van der Waals surface area contributed by atoms with Crippen LogP contribution in [-0.2, 0) is 4.79 Å². The second kappa shape index (κ2) is 8.82. The summed E-state index contributed by atoms with van der Waals surface area (Å²) in [7, 11) is 0. The lowest BCUT2D eigenvalue weighted by atomic mass is 9.67. The number of nitrogens with one attached hydrogen (secondary N) is 2. The molecule has 3 aliphatic rings. The van der Waals surface area contributed by atoms with Gasteiger partial charge in [-0.1, -0.05) is 34.0 Å². The number of allylic oxidation sites excluding steroid dienone is 2. The number of benzene rings is 2. The molecular formula is C29H30N5O4+. The van der Waals surface area contributed by atoms with Gasteiger partial charge < -0.3 is 15.4 Å². The first-order valence-corrected chi connectivity index (χ1v) is 13.0. The fraction of sp³-hybridized carbons (Fsp3) is 0.345. The zero-order valence-electron chi connectivity index (χ0n) is 21.5. The number of amides is 1. The van der Waals surface area contributed by atoms with Crippen molar-refractivity contribution in [2.24, 2.45) is 10.5 Å². The van der Waals surface area contributed by atoms with E-state index in [9.17, 15) is 19.5 Å². The number of Topliss-reactive ketones (excluding diaryl/α,β-unsaturated/α-hetero) is 1. The van der Waals surface area contributed by atoms with Gasteiger partial charge >= 0.3 is 11.9 Å². The molecule has 1 unspecified atom stereocenters. The van der Waals surface area contributed by atoms with Crippen molar-refractivity contribution >= 4 is 34.9 Å². The van der Waals surface area contributed by atoms with Crippen molar-refractivity contribution in [2.45, 2.75) is 45.6 Å². The standard InChI is InChI=1S/C29H29N5O4/c1-17(2)34(25-20(16-31-34)14-29(15-23(25)35)9-11-30-12-10-29)27(36)26-32-22-8-4-7-21(24(22)33-26)18-5-3-6-19(13-18)28(37)38/h3-8,13,16-17,30H,9-12,14-15H2,1-2H3,(H-,32,33,36,37,38)/p+1. The highest BCUT2D eigenvalue weighted by Gasteiger charge is 2.57. The normalized spacial score (nSPS) is 22.4. The van der Waals surface area contributed by atoms with Crippen LogP contribution in [0, 0.1) is 5.41 Å². The molecule has 9 heteroatoms. The molecule has 2 aliphatic heterocycles. The van der Waals surface area contributed by atoms with Gasteiger partial charge in [0.1, 0.15) is 6.04 Å². The minimum absolute atomic E-state index is 0.00464. The largest absolute Gasteiger partial charge is 0.478 e. The molecule has 1 aliphatic carbocycles. The maximum absolute atomic E-state index is 14.2. The fourth-order valence-corrected chi connectivity index (χ4v) is 6.33. The number of quaternary nitrogens is 1. The van der Waals surface area contributed by atoms with E-state index < -0.39 is 10.6 Å². The molecule has 0 saturated carbocycles. The van der Waals surface area contributed by atoms with Crippen molar-refractivity contribution in [1.29, 1.82) is 0 Å². The highest BCUT2D eigenvalue weighted by atomic mass is 16.4. The number of nitrogens with zero attached hydrogens (tertiary/aromatic N) is 3. The third kappa shape index (κ3) is 3.65. The van der Waals surface area contributed by atoms with Gasteiger partial charge in [-0.3, -0.25) is 4.79 Å². The molecule has 194 valence electrons. The molecule has 0 radical (unpaired) electrons. The highest BCUT2D eigenvalue weighted by molar-refractivity contribution is 6.06. The molecule has 1 saturated heterocycles. The molecule has 38 heavy (non-hydrogen) atoms. The molecule has 1 aromatic heterocycles. The second-order valence-electron chi connectivity index (χ2n) is 10.9. The number of carbonyl (C=O) groups is 3. The van der Waals surface area contributed by atoms with Crippen molar-refractivity contribution in [2.75, 3.05) is 13.1 Å². The van der Waals surface area contributed by atoms with Crippen molar-refractivity contribution in [3.8, 4) is 11.1 Å². The van der Waals surface area contributed by atoms with E-state index in [1.165, 1.54) is 6.07 Å². The lowest BCUT2D eigenvalue weighted by molar-refractivity contribution is -0.833. The summed E-state index contributed by atoms with van der Waals surface area (Å²) in [6, 6.07) is 11.8. The van der Waals surface area contributed by atoms with Crippen molar-refractivity contribution in [3.05, 3.63) is 65.1 Å². The van der Waals surface area contributed by atoms with Gasteiger partial charge in [0, 0.05) is 17.6 Å². The number of rotatable bonds is 4. The van der Waals surface area contributed by atoms with E-state index in [-0.39, 0.29) is 34.5 Å². The van der Waals surface area contributed by atoms with Crippen LogP contribution in [0.5, 0.6) is 0 Å². The molecule has 1 amide bonds. The van der Waals surface area contributed by atoms with E-state index >= 15 is 0 Å². The maximum Gasteiger partial charge on any atom is 0.413 e. The van der Waals surface area contributed by atoms with Crippen LogP contribution in [-0.4, -0.2) is 62.7 Å². The average Bonchev–Trinajstić information content (AvgIpc) is 3.51. The number of hydrogen-bond acceptors (Lipinski definition) is 6. The third-order valence-electron chi connectivity index (χ3n) is 8.26. The molecule has 1 fully saturated rings. The summed E-state index contributed by atoms with van der Waals surface area (Å²) in [6.07, 6.45) is 4.80. The molecule has 6 rings (SSSR count). The molecule has 1 spiro atoms. The Morgan fingerprint density at radius 3 is 2.58 bits per heavy atom. The average molecular weight is 513 g/mol. The topological polar surface area (TPSA) is 125 Å². The van der Waals surface area contributed by atoms with E-state index in [0.717, 1.165) is 37.9 Å². The van der Waals surface area contributed by atoms with Crippen LogP contribution in [0.15, 0.2) is 58.8 Å². The van der Waals surface area contributed by atoms with E-state index in [1.807, 2.05) is 38.1 Å². The summed E-state index contributed by atoms with van der Waals surface area (Å²) in [6.45, 7) is 5.59. The van der Waals surface area contributed by atoms with E-state index in [2.05, 4.69) is 10.3 Å². The summed E-state index contributed by atoms with van der Waals surface area (Å²) in [5.74, 6) is -1.27. The van der Waals surface area contributed by atoms with Gasteiger partial charge in [0.2, 0.25) is 17.3 Å². The number of imidazole rings is 1. The summed E-state index contributed by atoms with van der Waals surface area (Å²) < 4.78 is -0.424. The number of H-pyrrole nitrogens is 1. The number of aromatic carboxylic acids is 1. The van der Waals surface area contributed by atoms with Crippen molar-refractivity contribution in [3.63, 3.8) is 0 Å². The Labute approximate surface area is 219 Å². The van der Waals surface area contributed by atoms with Crippen molar-refractivity contribution in [1.82, 2.24) is 15.3 Å². The minimum Gasteiger partial charge on any atom is -0.478 e. The Morgan fingerprint density at radius 2 is 1.84 bits per heavy atom. The first-order valence-electron chi connectivity index (χ1n) is 13.0. The van der Waals surface area contributed by atoms with Gasteiger partial charge in [-0.15, -0.1) is 0 Å². The van der Waals surface area contributed by atoms with Gasteiger partial charge in [0.15, 0.2) is 0 Å². The van der Waals surface area contributed by atoms with E-state index in [0.29, 0.717) is 34.3 Å². The van der Waals surface area contributed by atoms with Crippen LogP contribution in [0.25, 0.3) is 22.2 Å². The highest BCUT2D eigenvalue weighted by Crippen LogP contribution is 2.48. The Morgan fingerprint density at radius 1 is 1.08 bits per heavy atom. The van der Waals surface area contributed by atoms with Crippen molar-refractivity contribution < 1.29 is 24.1 Å². The zero-order chi connectivity index (χ0) is 26.7. The SMILES string of the molecule is CC(C)[N+]1(C(=O)c2nc3c(-c4cccc(C(=O)O)c4)cccc3[nH]2)N=CC2=C1C(=O)CC1(CCNCC1)C2. The Hall–Kier alpha value is -3.95. The molecular weight excluding hydrogens is 482 g/mol. The van der Waals surface area contributed by atoms with Crippen LogP contribution in [0.1, 0.15) is 60.5 Å². The number of piperidine rings is 1. The van der Waals surface area contributed by atoms with E-state index in [4.69, 9.17) is 10.1 Å². The molecule has 3 heterocycles. The van der Waals surface area contributed by atoms with Gasteiger partial charge in [-0.25, -0.2) is 14.6 Å². The Balaban J connectivity index is 1.42. The van der Waals surface area contributed by atoms with Crippen LogP contribution in [0.3, 0.4) is 0 Å². The monoisotopic (exact) mass is 512 g/mol. The summed E-state index contributed by atoms with van der Waals surface area (Å²) >= 11 is 0. The number of aromatic amines is 1. The summed E-state index contributed by atoms with van der Waals surface area (Å²) in [5, 5.41) is 17.5. The number of para-hydroxylation sites is 1. The quantitative estimate of drug-likeness (QED) is 0.448. The predicted octanol–water partition coefficient (Wildman–Crippen LogP) is 4.28. The Bertz CT molecular complexity index is 1560. The number of fused-ring (bicyclic) bond motifs is 1. The number of carboxylic acid groups (broad SMARTS) is 1. The third-order valence-corrected chi connectivity index (χ3v) is 8.26. The lowest BCUT2D eigenvalue weighted by Crippen LogP contribution is -2.55. The van der Waals surface area contributed by atoms with Gasteiger partial charge in [0.05, 0.1) is 22.8 Å². The summed E-state index contributed by atoms with van der Waals surface area (Å²) in [5.41, 5.74) is 4.05. The molecule has 0 bridgehead atoms. The van der Waals surface area contributed by atoms with Gasteiger partial charge in [-0.05, 0) is 75.4 Å². The number of ketones is 1. The Kier molecular flexibility index (Phi) is 5.66. The number of carboxylic acids is 1. The van der Waals surface area contributed by atoms with Crippen LogP contribution in [0.4, 0.5) is 0 Å². The van der Waals surface area contributed by atoms with Crippen LogP contribution in [0.2, 0.25) is 0 Å². The predicted molar refractivity (Wildman–Crippen MR) is 143 cm³/mol. The molecule has 2 aromatic carbocycles.